The Kier molecular flexibility index (Phi) is 4.81. The number of aliphatic hydroxyl groups is 1. The first kappa shape index (κ1) is 15.4. The predicted octanol–water partition coefficient (Wildman–Crippen LogP) is 2.07. The van der Waals surface area contributed by atoms with Gasteiger partial charge in [0.2, 0.25) is 0 Å². The summed E-state index contributed by atoms with van der Waals surface area (Å²) in [5, 5.41) is 21.5. The van der Waals surface area contributed by atoms with E-state index in [1.807, 2.05) is 10.9 Å². The Morgan fingerprint density at radius 3 is 2.55 bits per heavy atom. The molecule has 5 heteroatoms. The molecule has 20 heavy (non-hydrogen) atoms. The molecule has 1 aliphatic carbocycles. The second kappa shape index (κ2) is 6.22. The fourth-order valence-corrected chi connectivity index (χ4v) is 2.86. The SMILES string of the molecule is CC(C)(C)n1cc(CNCC2(CO)CCCCC2)nn1. The van der Waals surface area contributed by atoms with Crippen LogP contribution in [0.4, 0.5) is 0 Å². The highest BCUT2D eigenvalue weighted by atomic mass is 16.3. The van der Waals surface area contributed by atoms with Crippen molar-refractivity contribution in [1.82, 2.24) is 20.3 Å². The van der Waals surface area contributed by atoms with E-state index in [1.165, 1.54) is 19.3 Å². The number of aliphatic hydroxyl groups excluding tert-OH is 1. The van der Waals surface area contributed by atoms with Crippen molar-refractivity contribution in [2.75, 3.05) is 13.2 Å². The third kappa shape index (κ3) is 3.79. The lowest BCUT2D eigenvalue weighted by molar-refractivity contribution is 0.0810. The summed E-state index contributed by atoms with van der Waals surface area (Å²) >= 11 is 0. The molecule has 2 rings (SSSR count). The van der Waals surface area contributed by atoms with Gasteiger partial charge in [-0.2, -0.15) is 0 Å². The molecule has 1 aliphatic rings. The lowest BCUT2D eigenvalue weighted by Crippen LogP contribution is -2.38. The summed E-state index contributed by atoms with van der Waals surface area (Å²) in [6.07, 6.45) is 8.04. The molecule has 0 amide bonds. The van der Waals surface area contributed by atoms with Gasteiger partial charge in [-0.05, 0) is 33.6 Å². The van der Waals surface area contributed by atoms with E-state index in [4.69, 9.17) is 0 Å². The normalized spacial score (nSPS) is 19.2. The van der Waals surface area contributed by atoms with Crippen LogP contribution in [-0.4, -0.2) is 33.3 Å². The smallest absolute Gasteiger partial charge is 0.0965 e. The first-order valence-corrected chi connectivity index (χ1v) is 7.69. The van der Waals surface area contributed by atoms with Crippen molar-refractivity contribution in [2.45, 2.75) is 65.0 Å². The van der Waals surface area contributed by atoms with Crippen molar-refractivity contribution in [3.63, 3.8) is 0 Å². The minimum atomic E-state index is -0.0268. The topological polar surface area (TPSA) is 63.0 Å². The van der Waals surface area contributed by atoms with Crippen LogP contribution in [0.5, 0.6) is 0 Å². The standard InChI is InChI=1S/C15H28N4O/c1-14(2,3)19-10-13(17-18-19)9-16-11-15(12-20)7-5-4-6-8-15/h10,16,20H,4-9,11-12H2,1-3H3. The quantitative estimate of drug-likeness (QED) is 0.866. The van der Waals surface area contributed by atoms with Gasteiger partial charge in [-0.1, -0.05) is 24.5 Å². The molecule has 0 radical (unpaired) electrons. The Hall–Kier alpha value is -0.940. The van der Waals surface area contributed by atoms with Gasteiger partial charge in [-0.3, -0.25) is 0 Å². The zero-order chi connectivity index (χ0) is 14.6. The molecule has 5 nitrogen and oxygen atoms in total. The first-order valence-electron chi connectivity index (χ1n) is 7.69. The number of hydrogen-bond acceptors (Lipinski definition) is 4. The second-order valence-corrected chi connectivity index (χ2v) is 7.15. The Balaban J connectivity index is 1.84. The van der Waals surface area contributed by atoms with Crippen molar-refractivity contribution in [2.24, 2.45) is 5.41 Å². The van der Waals surface area contributed by atoms with Gasteiger partial charge in [-0.15, -0.1) is 5.10 Å². The van der Waals surface area contributed by atoms with Crippen LogP contribution >= 0.6 is 0 Å². The van der Waals surface area contributed by atoms with E-state index in [2.05, 4.69) is 36.4 Å². The number of rotatable bonds is 5. The van der Waals surface area contributed by atoms with Gasteiger partial charge in [0.15, 0.2) is 0 Å². The van der Waals surface area contributed by atoms with E-state index in [0.29, 0.717) is 0 Å². The van der Waals surface area contributed by atoms with Crippen LogP contribution < -0.4 is 5.32 Å². The van der Waals surface area contributed by atoms with Crippen LogP contribution in [0.3, 0.4) is 0 Å². The number of nitrogens with zero attached hydrogens (tertiary/aromatic N) is 3. The van der Waals surface area contributed by atoms with Gasteiger partial charge in [0.25, 0.3) is 0 Å². The van der Waals surface area contributed by atoms with E-state index in [1.54, 1.807) is 0 Å². The summed E-state index contributed by atoms with van der Waals surface area (Å²) in [5.41, 5.74) is 1.02. The second-order valence-electron chi connectivity index (χ2n) is 7.15. The van der Waals surface area contributed by atoms with Crippen molar-refractivity contribution >= 4 is 0 Å². The zero-order valence-corrected chi connectivity index (χ0v) is 13.0. The molecule has 0 bridgehead atoms. The van der Waals surface area contributed by atoms with Crippen LogP contribution in [0, 0.1) is 5.41 Å². The molecule has 0 atom stereocenters. The maximum absolute atomic E-state index is 9.68. The van der Waals surface area contributed by atoms with E-state index in [9.17, 15) is 5.11 Å². The molecule has 0 aromatic carbocycles. The average molecular weight is 280 g/mol. The lowest BCUT2D eigenvalue weighted by Gasteiger charge is -2.35. The summed E-state index contributed by atoms with van der Waals surface area (Å²) in [5.74, 6) is 0. The van der Waals surface area contributed by atoms with Crippen LogP contribution in [0.25, 0.3) is 0 Å². The maximum atomic E-state index is 9.68. The summed E-state index contributed by atoms with van der Waals surface area (Å²) in [7, 11) is 0. The summed E-state index contributed by atoms with van der Waals surface area (Å²) < 4.78 is 1.90. The summed E-state index contributed by atoms with van der Waals surface area (Å²) in [6.45, 7) is 8.21. The highest BCUT2D eigenvalue weighted by Crippen LogP contribution is 2.35. The highest BCUT2D eigenvalue weighted by Gasteiger charge is 2.30. The summed E-state index contributed by atoms with van der Waals surface area (Å²) in [6, 6.07) is 0. The van der Waals surface area contributed by atoms with Crippen molar-refractivity contribution in [1.29, 1.82) is 0 Å². The zero-order valence-electron chi connectivity index (χ0n) is 13.0. The third-order valence-electron chi connectivity index (χ3n) is 4.28. The summed E-state index contributed by atoms with van der Waals surface area (Å²) in [4.78, 5) is 0. The molecule has 0 unspecified atom stereocenters. The molecule has 0 aliphatic heterocycles. The first-order chi connectivity index (χ1) is 9.45. The van der Waals surface area contributed by atoms with Crippen LogP contribution in [0.15, 0.2) is 6.20 Å². The maximum Gasteiger partial charge on any atom is 0.0965 e. The van der Waals surface area contributed by atoms with Crippen LogP contribution in [0.1, 0.15) is 58.6 Å². The number of nitrogens with one attached hydrogen (secondary N) is 1. The number of hydrogen-bond donors (Lipinski definition) is 2. The molecule has 1 aromatic heterocycles. The van der Waals surface area contributed by atoms with Gasteiger partial charge >= 0.3 is 0 Å². The minimum absolute atomic E-state index is 0.0268. The van der Waals surface area contributed by atoms with E-state index in [0.717, 1.165) is 31.6 Å². The largest absolute Gasteiger partial charge is 0.396 e. The molecular weight excluding hydrogens is 252 g/mol. The molecular formula is C15H28N4O. The molecule has 1 saturated carbocycles. The number of aromatic nitrogens is 3. The Morgan fingerprint density at radius 2 is 2.00 bits per heavy atom. The molecule has 2 N–H and O–H groups in total. The van der Waals surface area contributed by atoms with Gasteiger partial charge in [0.1, 0.15) is 0 Å². The van der Waals surface area contributed by atoms with E-state index >= 15 is 0 Å². The molecule has 1 heterocycles. The third-order valence-corrected chi connectivity index (χ3v) is 4.28. The fraction of sp³-hybridized carbons (Fsp3) is 0.867. The van der Waals surface area contributed by atoms with Crippen molar-refractivity contribution in [3.05, 3.63) is 11.9 Å². The Labute approximate surface area is 121 Å². The molecule has 1 fully saturated rings. The Morgan fingerprint density at radius 1 is 1.30 bits per heavy atom. The lowest BCUT2D eigenvalue weighted by atomic mass is 9.74. The average Bonchev–Trinajstić information content (AvgIpc) is 2.89. The van der Waals surface area contributed by atoms with Crippen molar-refractivity contribution in [3.8, 4) is 0 Å². The molecule has 0 spiro atoms. The predicted molar refractivity (Wildman–Crippen MR) is 79.3 cm³/mol. The molecule has 1 aromatic rings. The van der Waals surface area contributed by atoms with E-state index < -0.39 is 0 Å². The van der Waals surface area contributed by atoms with Crippen LogP contribution in [-0.2, 0) is 12.1 Å². The van der Waals surface area contributed by atoms with E-state index in [-0.39, 0.29) is 17.6 Å². The van der Waals surface area contributed by atoms with Crippen LogP contribution in [0.2, 0.25) is 0 Å². The fourth-order valence-electron chi connectivity index (χ4n) is 2.86. The monoisotopic (exact) mass is 280 g/mol. The van der Waals surface area contributed by atoms with Gasteiger partial charge < -0.3 is 10.4 Å². The van der Waals surface area contributed by atoms with Gasteiger partial charge in [0.05, 0.1) is 17.4 Å². The van der Waals surface area contributed by atoms with Gasteiger partial charge in [0, 0.05) is 25.1 Å². The van der Waals surface area contributed by atoms with Crippen molar-refractivity contribution < 1.29 is 5.11 Å². The Bertz CT molecular complexity index is 416. The highest BCUT2D eigenvalue weighted by molar-refractivity contribution is 4.95. The molecule has 114 valence electrons. The minimum Gasteiger partial charge on any atom is -0.396 e. The molecule has 0 saturated heterocycles. The van der Waals surface area contributed by atoms with Gasteiger partial charge in [-0.25, -0.2) is 4.68 Å².